The van der Waals surface area contributed by atoms with E-state index in [1.807, 2.05) is 36.4 Å². The molecule has 3 nitrogen and oxygen atoms in total. The Bertz CT molecular complexity index is 1260. The molecular formula is C22H16BNO2. The molecule has 5 rings (SSSR count). The van der Waals surface area contributed by atoms with Crippen molar-refractivity contribution >= 4 is 45.2 Å². The second kappa shape index (κ2) is 5.73. The fraction of sp³-hybridized carbons (Fsp3) is 0. The first-order chi connectivity index (χ1) is 12.7. The molecule has 0 fully saturated rings. The number of fused-ring (bicyclic) bond motifs is 5. The largest absolute Gasteiger partial charge is 0.488 e. The minimum atomic E-state index is -1.45. The summed E-state index contributed by atoms with van der Waals surface area (Å²) in [6.07, 6.45) is 0. The predicted octanol–water partition coefficient (Wildman–Crippen LogP) is 3.82. The molecule has 0 bridgehead atoms. The molecule has 0 spiro atoms. The minimum absolute atomic E-state index is 0.499. The van der Waals surface area contributed by atoms with Crippen LogP contribution in [0.3, 0.4) is 0 Å². The molecule has 0 unspecified atom stereocenters. The Morgan fingerprint density at radius 1 is 0.654 bits per heavy atom. The lowest BCUT2D eigenvalue weighted by Crippen LogP contribution is -2.29. The quantitative estimate of drug-likeness (QED) is 0.429. The number of rotatable bonds is 2. The van der Waals surface area contributed by atoms with Gasteiger partial charge in [-0.25, -0.2) is 0 Å². The first kappa shape index (κ1) is 15.2. The second-order valence-electron chi connectivity index (χ2n) is 6.59. The highest BCUT2D eigenvalue weighted by atomic mass is 16.4. The van der Waals surface area contributed by atoms with E-state index in [-0.39, 0.29) is 0 Å². The van der Waals surface area contributed by atoms with Crippen molar-refractivity contribution in [1.82, 2.24) is 4.98 Å². The van der Waals surface area contributed by atoms with E-state index in [0.29, 0.717) is 5.46 Å². The highest BCUT2D eigenvalue weighted by Crippen LogP contribution is 2.33. The topological polar surface area (TPSA) is 56.2 Å². The van der Waals surface area contributed by atoms with Gasteiger partial charge >= 0.3 is 7.12 Å². The van der Waals surface area contributed by atoms with E-state index in [1.165, 1.54) is 21.9 Å². The van der Waals surface area contributed by atoms with Crippen LogP contribution in [-0.4, -0.2) is 22.2 Å². The van der Waals surface area contributed by atoms with Gasteiger partial charge in [-0.2, -0.15) is 0 Å². The zero-order valence-electron chi connectivity index (χ0n) is 14.0. The fourth-order valence-corrected chi connectivity index (χ4v) is 3.70. The summed E-state index contributed by atoms with van der Waals surface area (Å²) in [4.78, 5) is 3.55. The van der Waals surface area contributed by atoms with Crippen LogP contribution in [0.5, 0.6) is 0 Å². The van der Waals surface area contributed by atoms with Crippen molar-refractivity contribution < 1.29 is 10.0 Å². The molecule has 124 valence electrons. The summed E-state index contributed by atoms with van der Waals surface area (Å²) >= 11 is 0. The van der Waals surface area contributed by atoms with E-state index in [2.05, 4.69) is 41.4 Å². The summed E-state index contributed by atoms with van der Waals surface area (Å²) in [6, 6.07) is 26.5. The van der Waals surface area contributed by atoms with Crippen molar-refractivity contribution in [3.63, 3.8) is 0 Å². The number of hydrogen-bond donors (Lipinski definition) is 3. The molecule has 4 heteroatoms. The first-order valence-electron chi connectivity index (χ1n) is 8.60. The molecule has 3 N–H and O–H groups in total. The van der Waals surface area contributed by atoms with Crippen molar-refractivity contribution in [3.8, 4) is 11.1 Å². The molecule has 0 radical (unpaired) electrons. The molecule has 0 aliphatic carbocycles. The molecule has 0 aliphatic heterocycles. The van der Waals surface area contributed by atoms with Crippen molar-refractivity contribution in [1.29, 1.82) is 0 Å². The molecule has 0 amide bonds. The van der Waals surface area contributed by atoms with Crippen LogP contribution in [0, 0.1) is 0 Å². The van der Waals surface area contributed by atoms with Crippen molar-refractivity contribution in [2.75, 3.05) is 0 Å². The highest BCUT2D eigenvalue weighted by molar-refractivity contribution is 6.59. The van der Waals surface area contributed by atoms with Gasteiger partial charge in [-0.3, -0.25) is 0 Å². The molecule has 5 aromatic rings. The smallest absolute Gasteiger partial charge is 0.423 e. The molecule has 0 saturated heterocycles. The second-order valence-corrected chi connectivity index (χ2v) is 6.59. The van der Waals surface area contributed by atoms with Gasteiger partial charge in [-0.1, -0.05) is 72.8 Å². The van der Waals surface area contributed by atoms with Gasteiger partial charge in [0.15, 0.2) is 0 Å². The molecule has 1 aromatic heterocycles. The van der Waals surface area contributed by atoms with Gasteiger partial charge in [0, 0.05) is 21.7 Å². The summed E-state index contributed by atoms with van der Waals surface area (Å²) in [5.74, 6) is 0. The Balaban J connectivity index is 1.76. The number of hydrogen-bond acceptors (Lipinski definition) is 2. The maximum Gasteiger partial charge on any atom is 0.488 e. The third-order valence-corrected chi connectivity index (χ3v) is 5.02. The highest BCUT2D eigenvalue weighted by Gasteiger charge is 2.13. The van der Waals surface area contributed by atoms with E-state index < -0.39 is 7.12 Å². The van der Waals surface area contributed by atoms with Gasteiger partial charge in [-0.15, -0.1) is 0 Å². The lowest BCUT2D eigenvalue weighted by molar-refractivity contribution is 0.426. The van der Waals surface area contributed by atoms with Crippen molar-refractivity contribution in [2.45, 2.75) is 0 Å². The maximum atomic E-state index is 9.40. The van der Waals surface area contributed by atoms with Gasteiger partial charge < -0.3 is 15.0 Å². The van der Waals surface area contributed by atoms with Crippen LogP contribution < -0.4 is 5.46 Å². The van der Waals surface area contributed by atoms with Gasteiger partial charge in [0.2, 0.25) is 0 Å². The molecule has 4 aromatic carbocycles. The van der Waals surface area contributed by atoms with E-state index in [0.717, 1.165) is 21.8 Å². The molecule has 0 saturated carbocycles. The zero-order valence-corrected chi connectivity index (χ0v) is 14.0. The number of benzene rings is 4. The number of H-pyrrole nitrogens is 1. The summed E-state index contributed by atoms with van der Waals surface area (Å²) in [5.41, 5.74) is 5.04. The summed E-state index contributed by atoms with van der Waals surface area (Å²) in [6.45, 7) is 0. The van der Waals surface area contributed by atoms with E-state index in [1.54, 1.807) is 6.07 Å². The normalized spacial score (nSPS) is 11.5. The van der Waals surface area contributed by atoms with Crippen LogP contribution in [0.2, 0.25) is 0 Å². The van der Waals surface area contributed by atoms with Gasteiger partial charge in [-0.05, 0) is 28.0 Å². The Kier molecular flexibility index (Phi) is 3.35. The SMILES string of the molecule is OB(O)c1ccc2c(ccc3c4ccc(-c5ccccc5)cc4[nH]c23)c1. The Hall–Kier alpha value is -3.08. The van der Waals surface area contributed by atoms with Crippen LogP contribution in [0.1, 0.15) is 0 Å². The minimum Gasteiger partial charge on any atom is -0.423 e. The summed E-state index contributed by atoms with van der Waals surface area (Å²) < 4.78 is 0. The zero-order chi connectivity index (χ0) is 17.7. The maximum absolute atomic E-state index is 9.40. The third kappa shape index (κ3) is 2.31. The monoisotopic (exact) mass is 337 g/mol. The number of aromatic nitrogens is 1. The Labute approximate surface area is 150 Å². The van der Waals surface area contributed by atoms with Gasteiger partial charge in [0.25, 0.3) is 0 Å². The van der Waals surface area contributed by atoms with Crippen LogP contribution in [0.25, 0.3) is 43.7 Å². The average molecular weight is 337 g/mol. The number of aromatic amines is 1. The van der Waals surface area contributed by atoms with E-state index in [9.17, 15) is 10.0 Å². The third-order valence-electron chi connectivity index (χ3n) is 5.02. The van der Waals surface area contributed by atoms with E-state index >= 15 is 0 Å². The summed E-state index contributed by atoms with van der Waals surface area (Å²) in [7, 11) is -1.45. The lowest BCUT2D eigenvalue weighted by atomic mass is 9.79. The molecule has 1 heterocycles. The van der Waals surface area contributed by atoms with Crippen molar-refractivity contribution in [3.05, 3.63) is 78.9 Å². The first-order valence-corrected chi connectivity index (χ1v) is 8.60. The molecule has 0 aliphatic rings. The van der Waals surface area contributed by atoms with Crippen LogP contribution in [0.4, 0.5) is 0 Å². The average Bonchev–Trinajstić information content (AvgIpc) is 3.06. The van der Waals surface area contributed by atoms with Gasteiger partial charge in [0.05, 0.1) is 5.52 Å². The lowest BCUT2D eigenvalue weighted by Gasteiger charge is -2.04. The van der Waals surface area contributed by atoms with Crippen molar-refractivity contribution in [2.24, 2.45) is 0 Å². The fourth-order valence-electron chi connectivity index (χ4n) is 3.70. The number of nitrogens with one attached hydrogen (secondary N) is 1. The van der Waals surface area contributed by atoms with Gasteiger partial charge in [0.1, 0.15) is 0 Å². The van der Waals surface area contributed by atoms with Crippen LogP contribution in [0.15, 0.2) is 78.9 Å². The standard InChI is InChI=1S/C22H16BNO2/c25-23(26)17-8-11-18-16(12-17)7-10-20-19-9-6-15(13-21(19)24-22(18)20)14-4-2-1-3-5-14/h1-13,24-26H. The molecular weight excluding hydrogens is 321 g/mol. The molecule has 26 heavy (non-hydrogen) atoms. The van der Waals surface area contributed by atoms with Crippen LogP contribution in [-0.2, 0) is 0 Å². The Morgan fingerprint density at radius 3 is 2.23 bits per heavy atom. The molecule has 0 atom stereocenters. The van der Waals surface area contributed by atoms with E-state index in [4.69, 9.17) is 0 Å². The Morgan fingerprint density at radius 2 is 1.42 bits per heavy atom. The summed E-state index contributed by atoms with van der Waals surface area (Å²) in [5, 5.41) is 23.2. The van der Waals surface area contributed by atoms with Crippen LogP contribution >= 0.6 is 0 Å². The predicted molar refractivity (Wildman–Crippen MR) is 109 cm³/mol.